The molecule has 2 aromatic carbocycles. The molecule has 9 heteroatoms. The van der Waals surface area contributed by atoms with E-state index in [4.69, 9.17) is 16.9 Å². The van der Waals surface area contributed by atoms with Gasteiger partial charge in [-0.1, -0.05) is 30.2 Å². The van der Waals surface area contributed by atoms with Gasteiger partial charge in [0.1, 0.15) is 5.69 Å². The molecule has 2 unspecified atom stereocenters. The zero-order chi connectivity index (χ0) is 26.7. The number of alkyl halides is 3. The Balaban J connectivity index is 1.54. The van der Waals surface area contributed by atoms with E-state index in [-0.39, 0.29) is 29.3 Å². The van der Waals surface area contributed by atoms with Gasteiger partial charge in [-0.3, -0.25) is 4.79 Å². The van der Waals surface area contributed by atoms with Crippen LogP contribution in [0.4, 0.5) is 18.9 Å². The molecule has 37 heavy (non-hydrogen) atoms. The number of pyridine rings is 1. The number of hydrogen-bond donors (Lipinski definition) is 1. The molecule has 0 saturated heterocycles. The fourth-order valence-electron chi connectivity index (χ4n) is 4.71. The van der Waals surface area contributed by atoms with Crippen LogP contribution in [0.15, 0.2) is 53.5 Å². The number of nitrogens with zero attached hydrogens (tertiary/aromatic N) is 3. The quantitative estimate of drug-likeness (QED) is 0.344. The van der Waals surface area contributed by atoms with Crippen LogP contribution in [0.2, 0.25) is 5.02 Å². The van der Waals surface area contributed by atoms with Gasteiger partial charge < -0.3 is 5.32 Å². The third-order valence-electron chi connectivity index (χ3n) is 6.79. The van der Waals surface area contributed by atoms with Crippen LogP contribution in [0, 0.1) is 17.2 Å². The maximum absolute atomic E-state index is 13.5. The Labute approximate surface area is 218 Å². The topological polar surface area (TPSA) is 78.1 Å². The summed E-state index contributed by atoms with van der Waals surface area (Å²) in [6, 6.07) is 14.6. The molecule has 1 aliphatic rings. The fraction of sp³-hybridized carbons (Fsp3) is 0.357. The zero-order valence-electron chi connectivity index (χ0n) is 20.4. The maximum atomic E-state index is 13.5. The second-order valence-corrected chi connectivity index (χ2v) is 9.89. The molecule has 1 amide bonds. The first-order chi connectivity index (χ1) is 17.5. The van der Waals surface area contributed by atoms with E-state index in [0.29, 0.717) is 33.8 Å². The van der Waals surface area contributed by atoms with Gasteiger partial charge in [-0.2, -0.15) is 18.4 Å². The molecule has 1 aromatic heterocycles. The minimum atomic E-state index is -4.58. The van der Waals surface area contributed by atoms with Gasteiger partial charge in [0.05, 0.1) is 17.5 Å². The van der Waals surface area contributed by atoms with E-state index in [2.05, 4.69) is 21.4 Å². The van der Waals surface area contributed by atoms with Gasteiger partial charge in [0.2, 0.25) is 0 Å². The first-order valence-corrected chi connectivity index (χ1v) is 12.5. The second-order valence-electron chi connectivity index (χ2n) is 9.45. The number of halogens is 4. The van der Waals surface area contributed by atoms with Crippen molar-refractivity contribution in [2.45, 2.75) is 57.7 Å². The SMILES string of the molecule is C/C(=N/C(=O)c1cccc(C(C)C#N)c1)C1CCC[C@H](Nc2cc(C(F)(F)F)nc3ccc(Cl)cc23)C1. The number of nitriles is 1. The highest BCUT2D eigenvalue weighted by molar-refractivity contribution is 6.31. The highest BCUT2D eigenvalue weighted by Crippen LogP contribution is 2.36. The first kappa shape index (κ1) is 26.6. The highest BCUT2D eigenvalue weighted by Gasteiger charge is 2.34. The molecule has 3 atom stereocenters. The molecule has 1 heterocycles. The molecule has 1 fully saturated rings. The molecule has 1 saturated carbocycles. The van der Waals surface area contributed by atoms with Crippen LogP contribution in [0.3, 0.4) is 0 Å². The van der Waals surface area contributed by atoms with E-state index in [0.717, 1.165) is 30.9 Å². The number of benzene rings is 2. The van der Waals surface area contributed by atoms with Crippen LogP contribution in [0.1, 0.15) is 67.1 Å². The second kappa shape index (κ2) is 10.9. The molecular formula is C28H26ClF3N4O. The summed E-state index contributed by atoms with van der Waals surface area (Å²) < 4.78 is 40.5. The average molecular weight is 527 g/mol. The lowest BCUT2D eigenvalue weighted by atomic mass is 9.83. The number of hydrogen-bond acceptors (Lipinski definition) is 4. The minimum Gasteiger partial charge on any atom is -0.382 e. The maximum Gasteiger partial charge on any atom is 0.433 e. The number of aromatic nitrogens is 1. The summed E-state index contributed by atoms with van der Waals surface area (Å²) in [5.74, 6) is -0.695. The zero-order valence-corrected chi connectivity index (χ0v) is 21.2. The summed E-state index contributed by atoms with van der Waals surface area (Å²) in [5.41, 5.74) is 1.45. The van der Waals surface area contributed by atoms with Crippen LogP contribution in [0.25, 0.3) is 10.9 Å². The minimum absolute atomic E-state index is 0.00944. The van der Waals surface area contributed by atoms with Crippen molar-refractivity contribution >= 4 is 39.8 Å². The van der Waals surface area contributed by atoms with E-state index >= 15 is 0 Å². The predicted octanol–water partition coefficient (Wildman–Crippen LogP) is 7.81. The van der Waals surface area contributed by atoms with Crippen LogP contribution in [-0.2, 0) is 6.18 Å². The van der Waals surface area contributed by atoms with Crippen molar-refractivity contribution in [3.05, 3.63) is 70.4 Å². The van der Waals surface area contributed by atoms with Crippen molar-refractivity contribution < 1.29 is 18.0 Å². The summed E-state index contributed by atoms with van der Waals surface area (Å²) in [5, 5.41) is 13.4. The lowest BCUT2D eigenvalue weighted by Crippen LogP contribution is -2.31. The lowest BCUT2D eigenvalue weighted by molar-refractivity contribution is -0.140. The third kappa shape index (κ3) is 6.28. The molecule has 5 nitrogen and oxygen atoms in total. The van der Waals surface area contributed by atoms with Gasteiger partial charge in [-0.15, -0.1) is 0 Å². The van der Waals surface area contributed by atoms with Gasteiger partial charge >= 0.3 is 6.18 Å². The van der Waals surface area contributed by atoms with Crippen molar-refractivity contribution in [1.29, 1.82) is 5.26 Å². The van der Waals surface area contributed by atoms with Gasteiger partial charge in [-0.05, 0) is 81.0 Å². The van der Waals surface area contributed by atoms with E-state index in [9.17, 15) is 18.0 Å². The number of aliphatic imine (C=N–C) groups is 1. The van der Waals surface area contributed by atoms with Crippen molar-refractivity contribution in [3.63, 3.8) is 0 Å². The molecule has 192 valence electrons. The number of carbonyl (C=O) groups excluding carboxylic acids is 1. The number of anilines is 1. The third-order valence-corrected chi connectivity index (χ3v) is 7.03. The highest BCUT2D eigenvalue weighted by atomic mass is 35.5. The summed E-state index contributed by atoms with van der Waals surface area (Å²) in [7, 11) is 0. The largest absolute Gasteiger partial charge is 0.433 e. The summed E-state index contributed by atoms with van der Waals surface area (Å²) in [6.07, 6.45) is -1.50. The smallest absolute Gasteiger partial charge is 0.382 e. The number of amides is 1. The first-order valence-electron chi connectivity index (χ1n) is 12.1. The lowest BCUT2D eigenvalue weighted by Gasteiger charge is -2.31. The predicted molar refractivity (Wildman–Crippen MR) is 139 cm³/mol. The molecule has 0 aliphatic heterocycles. The van der Waals surface area contributed by atoms with Crippen LogP contribution in [0.5, 0.6) is 0 Å². The number of fused-ring (bicyclic) bond motifs is 1. The van der Waals surface area contributed by atoms with Crippen LogP contribution >= 0.6 is 11.6 Å². The number of rotatable bonds is 5. The van der Waals surface area contributed by atoms with Crippen LogP contribution in [-0.4, -0.2) is 22.6 Å². The monoisotopic (exact) mass is 526 g/mol. The van der Waals surface area contributed by atoms with Gasteiger partial charge in [0.15, 0.2) is 0 Å². The van der Waals surface area contributed by atoms with Crippen molar-refractivity contribution in [2.75, 3.05) is 5.32 Å². The Bertz CT molecular complexity index is 1400. The average Bonchev–Trinajstić information content (AvgIpc) is 2.88. The molecule has 0 bridgehead atoms. The fourth-order valence-corrected chi connectivity index (χ4v) is 4.89. The van der Waals surface area contributed by atoms with E-state index in [1.807, 2.05) is 6.92 Å². The van der Waals surface area contributed by atoms with E-state index in [1.54, 1.807) is 37.3 Å². The van der Waals surface area contributed by atoms with E-state index < -0.39 is 11.9 Å². The Morgan fingerprint density at radius 1 is 1.22 bits per heavy atom. The number of carbonyl (C=O) groups is 1. The van der Waals surface area contributed by atoms with Gasteiger partial charge in [0, 0.05) is 33.4 Å². The van der Waals surface area contributed by atoms with Crippen molar-refractivity contribution in [2.24, 2.45) is 10.9 Å². The van der Waals surface area contributed by atoms with Gasteiger partial charge in [0.25, 0.3) is 5.91 Å². The molecule has 1 aliphatic carbocycles. The standard InChI is InChI=1S/C28H26ClF3N4O/c1-16(15-33)18-5-3-7-20(11-18)27(37)34-17(2)19-6-4-8-22(12-19)35-25-14-26(28(30,31)32)36-24-10-9-21(29)13-23(24)25/h3,5,7,9-11,13-14,16,19,22H,4,6,8,12H2,1-2H3,(H,35,36)/b34-17-/t16?,19?,22-/m0/s1. The molecule has 1 N–H and O–H groups in total. The Hall–Kier alpha value is -3.44. The summed E-state index contributed by atoms with van der Waals surface area (Å²) in [6.45, 7) is 3.58. The van der Waals surface area contributed by atoms with Gasteiger partial charge in [-0.25, -0.2) is 9.98 Å². The summed E-state index contributed by atoms with van der Waals surface area (Å²) >= 11 is 6.12. The molecule has 0 spiro atoms. The van der Waals surface area contributed by atoms with E-state index in [1.165, 1.54) is 12.1 Å². The normalized spacial score (nSPS) is 19.3. The number of nitrogens with one attached hydrogen (secondary N) is 1. The van der Waals surface area contributed by atoms with Crippen LogP contribution < -0.4 is 5.32 Å². The molecular weight excluding hydrogens is 501 g/mol. The Morgan fingerprint density at radius 3 is 2.73 bits per heavy atom. The summed E-state index contributed by atoms with van der Waals surface area (Å²) in [4.78, 5) is 20.9. The molecule has 0 radical (unpaired) electrons. The molecule has 4 rings (SSSR count). The van der Waals surface area contributed by atoms with Crippen molar-refractivity contribution in [3.8, 4) is 6.07 Å². The molecule has 3 aromatic rings. The Kier molecular flexibility index (Phi) is 7.84. The Morgan fingerprint density at radius 2 is 2.00 bits per heavy atom. The van der Waals surface area contributed by atoms with Crippen molar-refractivity contribution in [1.82, 2.24) is 4.98 Å².